The van der Waals surface area contributed by atoms with Gasteiger partial charge >= 0.3 is 0 Å². The molecule has 0 aromatic heterocycles. The number of ketones is 1. The first-order chi connectivity index (χ1) is 14.6. The van der Waals surface area contributed by atoms with Crippen molar-refractivity contribution < 1.29 is 15.0 Å². The summed E-state index contributed by atoms with van der Waals surface area (Å²) in [7, 11) is 0. The molecule has 10 atom stereocenters. The Labute approximate surface area is 188 Å². The van der Waals surface area contributed by atoms with Gasteiger partial charge in [-0.25, -0.2) is 0 Å². The molecular formula is C27H43NO3. The molecule has 0 saturated heterocycles. The van der Waals surface area contributed by atoms with Crippen molar-refractivity contribution in [3.8, 4) is 0 Å². The van der Waals surface area contributed by atoms with Crippen LogP contribution in [0.5, 0.6) is 0 Å². The molecule has 174 valence electrons. The van der Waals surface area contributed by atoms with Crippen molar-refractivity contribution in [2.75, 3.05) is 6.54 Å². The molecule has 0 amide bonds. The van der Waals surface area contributed by atoms with Gasteiger partial charge in [0.05, 0.1) is 6.10 Å². The van der Waals surface area contributed by atoms with Gasteiger partial charge in [-0.3, -0.25) is 9.79 Å². The number of aliphatic imine (C=N–C) groups is 1. The summed E-state index contributed by atoms with van der Waals surface area (Å²) >= 11 is 0. The maximum absolute atomic E-state index is 13.4. The first-order valence-corrected chi connectivity index (χ1v) is 13.1. The van der Waals surface area contributed by atoms with Crippen molar-refractivity contribution in [3.05, 3.63) is 0 Å². The van der Waals surface area contributed by atoms with Crippen LogP contribution in [-0.4, -0.2) is 40.0 Å². The SMILES string of the molecule is C[C@H]1CCC([C@@H](C)[C@H]2CC[C@H]3[C@@H]4CC(=O)[C@]5(O)C[C@@H](O)CC[C@]5(C)[C@H]4CC[C@]23C)=NC1. The summed E-state index contributed by atoms with van der Waals surface area (Å²) in [5.41, 5.74) is 0.0422. The third-order valence-electron chi connectivity index (χ3n) is 11.3. The fourth-order valence-corrected chi connectivity index (χ4v) is 9.32. The lowest BCUT2D eigenvalue weighted by Gasteiger charge is -2.63. The van der Waals surface area contributed by atoms with E-state index in [4.69, 9.17) is 4.99 Å². The van der Waals surface area contributed by atoms with Crippen molar-refractivity contribution in [2.45, 2.75) is 104 Å². The molecule has 0 spiro atoms. The summed E-state index contributed by atoms with van der Waals surface area (Å²) in [4.78, 5) is 18.4. The zero-order chi connectivity index (χ0) is 22.2. The smallest absolute Gasteiger partial charge is 0.165 e. The van der Waals surface area contributed by atoms with E-state index in [1.54, 1.807) is 0 Å². The molecule has 0 aromatic rings. The number of hydrogen-bond acceptors (Lipinski definition) is 4. The van der Waals surface area contributed by atoms with Crippen LogP contribution in [0.3, 0.4) is 0 Å². The zero-order valence-corrected chi connectivity index (χ0v) is 20.1. The van der Waals surface area contributed by atoms with Crippen molar-refractivity contribution >= 4 is 11.5 Å². The minimum atomic E-state index is -1.32. The number of aliphatic hydroxyl groups excluding tert-OH is 1. The molecule has 4 fully saturated rings. The van der Waals surface area contributed by atoms with Crippen LogP contribution in [0.4, 0.5) is 0 Å². The van der Waals surface area contributed by atoms with E-state index in [0.29, 0.717) is 36.0 Å². The molecule has 5 aliphatic rings. The average Bonchev–Trinajstić information content (AvgIpc) is 3.08. The first kappa shape index (κ1) is 22.1. The molecule has 1 heterocycles. The molecule has 0 bridgehead atoms. The number of aliphatic hydroxyl groups is 2. The second-order valence-corrected chi connectivity index (χ2v) is 12.7. The molecule has 4 aliphatic carbocycles. The van der Waals surface area contributed by atoms with E-state index in [2.05, 4.69) is 27.7 Å². The molecule has 1 aliphatic heterocycles. The predicted octanol–water partition coefficient (Wildman–Crippen LogP) is 4.81. The highest BCUT2D eigenvalue weighted by Gasteiger charge is 2.67. The standard InChI is InChI=1S/C27H43NO3/c1-16-5-8-23(28-15-16)17(2)20-6-7-21-19-13-24(30)27(31)14-18(29)9-12-26(27,4)22(19)10-11-25(20,21)3/h16-22,29,31H,5-15H2,1-4H3/t16-,17-,18-,19-,20+,21-,22-,25+,26+,27+/m0/s1. The van der Waals surface area contributed by atoms with E-state index in [9.17, 15) is 15.0 Å². The van der Waals surface area contributed by atoms with Gasteiger partial charge in [0.1, 0.15) is 5.60 Å². The van der Waals surface area contributed by atoms with Crippen LogP contribution in [0.25, 0.3) is 0 Å². The van der Waals surface area contributed by atoms with Gasteiger partial charge < -0.3 is 10.2 Å². The van der Waals surface area contributed by atoms with E-state index in [1.807, 2.05) is 0 Å². The van der Waals surface area contributed by atoms with Crippen LogP contribution in [0, 0.1) is 46.3 Å². The number of Topliss-reactive ketones (excluding diaryl/α,β-unsaturated/α-hetero) is 1. The molecule has 0 radical (unpaired) electrons. The number of hydrogen-bond donors (Lipinski definition) is 2. The van der Waals surface area contributed by atoms with E-state index in [1.165, 1.54) is 31.4 Å². The van der Waals surface area contributed by atoms with E-state index in [0.717, 1.165) is 38.1 Å². The molecule has 4 saturated carbocycles. The Hall–Kier alpha value is -0.740. The van der Waals surface area contributed by atoms with Crippen molar-refractivity contribution in [3.63, 3.8) is 0 Å². The van der Waals surface area contributed by atoms with E-state index < -0.39 is 11.7 Å². The fraction of sp³-hybridized carbons (Fsp3) is 0.926. The Morgan fingerprint density at radius 2 is 1.84 bits per heavy atom. The van der Waals surface area contributed by atoms with Crippen LogP contribution >= 0.6 is 0 Å². The van der Waals surface area contributed by atoms with Gasteiger partial charge in [0.25, 0.3) is 0 Å². The van der Waals surface area contributed by atoms with Crippen LogP contribution < -0.4 is 0 Å². The minimum absolute atomic E-state index is 0.0152. The van der Waals surface area contributed by atoms with E-state index in [-0.39, 0.29) is 23.0 Å². The van der Waals surface area contributed by atoms with Crippen LogP contribution in [0.15, 0.2) is 4.99 Å². The molecule has 0 aromatic carbocycles. The number of carbonyl (C=O) groups excluding carboxylic acids is 1. The van der Waals surface area contributed by atoms with Gasteiger partial charge in [0, 0.05) is 30.5 Å². The Kier molecular flexibility index (Phi) is 5.26. The van der Waals surface area contributed by atoms with Crippen LogP contribution in [0.2, 0.25) is 0 Å². The molecule has 4 nitrogen and oxygen atoms in total. The Balaban J connectivity index is 1.41. The van der Waals surface area contributed by atoms with Gasteiger partial charge in [-0.1, -0.05) is 27.7 Å². The zero-order valence-electron chi connectivity index (χ0n) is 20.1. The maximum Gasteiger partial charge on any atom is 0.165 e. The molecule has 4 heteroatoms. The highest BCUT2D eigenvalue weighted by molar-refractivity contribution is 5.90. The van der Waals surface area contributed by atoms with E-state index >= 15 is 0 Å². The van der Waals surface area contributed by atoms with Gasteiger partial charge in [0.2, 0.25) is 0 Å². The number of fused-ring (bicyclic) bond motifs is 5. The number of carbonyl (C=O) groups is 1. The summed E-state index contributed by atoms with van der Waals surface area (Å²) in [5.74, 6) is 3.35. The highest BCUT2D eigenvalue weighted by atomic mass is 16.3. The van der Waals surface area contributed by atoms with Crippen LogP contribution in [-0.2, 0) is 4.79 Å². The monoisotopic (exact) mass is 429 g/mol. The molecule has 2 N–H and O–H groups in total. The first-order valence-electron chi connectivity index (χ1n) is 13.1. The minimum Gasteiger partial charge on any atom is -0.393 e. The quantitative estimate of drug-likeness (QED) is 0.662. The lowest BCUT2D eigenvalue weighted by molar-refractivity contribution is -0.213. The average molecular weight is 430 g/mol. The summed E-state index contributed by atoms with van der Waals surface area (Å²) in [6, 6.07) is 0. The Morgan fingerprint density at radius 3 is 2.55 bits per heavy atom. The third kappa shape index (κ3) is 3.06. The predicted molar refractivity (Wildman–Crippen MR) is 123 cm³/mol. The maximum atomic E-state index is 13.4. The van der Waals surface area contributed by atoms with Gasteiger partial charge in [-0.2, -0.15) is 0 Å². The fourth-order valence-electron chi connectivity index (χ4n) is 9.32. The van der Waals surface area contributed by atoms with Crippen molar-refractivity contribution in [2.24, 2.45) is 51.3 Å². The Bertz CT molecular complexity index is 778. The Morgan fingerprint density at radius 1 is 1.06 bits per heavy atom. The number of nitrogens with zero attached hydrogens (tertiary/aromatic N) is 1. The summed E-state index contributed by atoms with van der Waals surface area (Å²) < 4.78 is 0. The summed E-state index contributed by atoms with van der Waals surface area (Å²) in [6.07, 6.45) is 8.96. The topological polar surface area (TPSA) is 69.9 Å². The molecule has 5 rings (SSSR count). The third-order valence-corrected chi connectivity index (χ3v) is 11.3. The molecule has 0 unspecified atom stereocenters. The van der Waals surface area contributed by atoms with Gasteiger partial charge in [-0.05, 0) is 92.3 Å². The lowest BCUT2D eigenvalue weighted by Crippen LogP contribution is -2.67. The van der Waals surface area contributed by atoms with Gasteiger partial charge in [0.15, 0.2) is 5.78 Å². The van der Waals surface area contributed by atoms with Crippen LogP contribution in [0.1, 0.15) is 91.9 Å². The molecule has 31 heavy (non-hydrogen) atoms. The second kappa shape index (κ2) is 7.38. The number of rotatable bonds is 2. The summed E-state index contributed by atoms with van der Waals surface area (Å²) in [5, 5.41) is 21.8. The molecular weight excluding hydrogens is 386 g/mol. The van der Waals surface area contributed by atoms with Crippen molar-refractivity contribution in [1.29, 1.82) is 0 Å². The van der Waals surface area contributed by atoms with Crippen molar-refractivity contribution in [1.82, 2.24) is 0 Å². The second-order valence-electron chi connectivity index (χ2n) is 12.7. The van der Waals surface area contributed by atoms with Gasteiger partial charge in [-0.15, -0.1) is 0 Å². The summed E-state index contributed by atoms with van der Waals surface area (Å²) in [6.45, 7) is 10.4. The lowest BCUT2D eigenvalue weighted by atomic mass is 9.42. The largest absolute Gasteiger partial charge is 0.393 e. The normalized spacial score (nSPS) is 53.2. The highest BCUT2D eigenvalue weighted by Crippen LogP contribution is 2.68.